The van der Waals surface area contributed by atoms with Gasteiger partial charge in [-0.3, -0.25) is 9.69 Å². The van der Waals surface area contributed by atoms with Crippen LogP contribution in [0.3, 0.4) is 0 Å². The summed E-state index contributed by atoms with van der Waals surface area (Å²) in [5, 5.41) is 3.28. The molecule has 4 heteroatoms. The molecule has 1 unspecified atom stereocenters. The molecule has 0 bridgehead atoms. The van der Waals surface area contributed by atoms with Gasteiger partial charge in [0.1, 0.15) is 0 Å². The topological polar surface area (TPSA) is 35.6 Å². The highest BCUT2D eigenvalue weighted by molar-refractivity contribution is 5.81. The highest BCUT2D eigenvalue weighted by Gasteiger charge is 2.27. The van der Waals surface area contributed by atoms with Gasteiger partial charge in [-0.1, -0.05) is 6.92 Å². The average Bonchev–Trinajstić information content (AvgIpc) is 2.35. The Morgan fingerprint density at radius 2 is 1.88 bits per heavy atom. The predicted octanol–water partition coefficient (Wildman–Crippen LogP) is 0.927. The summed E-state index contributed by atoms with van der Waals surface area (Å²) >= 11 is 0. The molecule has 1 saturated heterocycles. The van der Waals surface area contributed by atoms with E-state index >= 15 is 0 Å². The summed E-state index contributed by atoms with van der Waals surface area (Å²) in [6.45, 7) is 13.1. The standard InChI is InChI=1S/C13H27N3O/c1-5-8-16(11(2)3)12(4)13(17)15-9-6-14-7-10-15/h11-12,14H,5-10H2,1-4H3. The van der Waals surface area contributed by atoms with Crippen LogP contribution < -0.4 is 5.32 Å². The molecular formula is C13H27N3O. The van der Waals surface area contributed by atoms with E-state index in [2.05, 4.69) is 31.0 Å². The SMILES string of the molecule is CCCN(C(C)C)C(C)C(=O)N1CCNCC1. The Morgan fingerprint density at radius 3 is 2.35 bits per heavy atom. The van der Waals surface area contributed by atoms with Gasteiger partial charge in [0.15, 0.2) is 0 Å². The first-order chi connectivity index (χ1) is 8.07. The van der Waals surface area contributed by atoms with E-state index in [0.717, 1.165) is 39.1 Å². The second-order valence-electron chi connectivity index (χ2n) is 5.08. The van der Waals surface area contributed by atoms with E-state index in [1.54, 1.807) is 0 Å². The van der Waals surface area contributed by atoms with Crippen molar-refractivity contribution in [2.45, 2.75) is 46.2 Å². The van der Waals surface area contributed by atoms with Crippen molar-refractivity contribution < 1.29 is 4.79 Å². The zero-order valence-corrected chi connectivity index (χ0v) is 11.7. The van der Waals surface area contributed by atoms with Crippen LogP contribution >= 0.6 is 0 Å². The van der Waals surface area contributed by atoms with Crippen molar-refractivity contribution in [1.29, 1.82) is 0 Å². The minimum absolute atomic E-state index is 0.00745. The lowest BCUT2D eigenvalue weighted by Gasteiger charge is -2.36. The molecule has 0 aromatic heterocycles. The number of amides is 1. The van der Waals surface area contributed by atoms with Gasteiger partial charge in [0.05, 0.1) is 6.04 Å². The molecule has 100 valence electrons. The first kappa shape index (κ1) is 14.5. The number of nitrogens with one attached hydrogen (secondary N) is 1. The first-order valence-corrected chi connectivity index (χ1v) is 6.83. The fourth-order valence-corrected chi connectivity index (χ4v) is 2.45. The average molecular weight is 241 g/mol. The van der Waals surface area contributed by atoms with Crippen LogP contribution in [0.25, 0.3) is 0 Å². The zero-order valence-electron chi connectivity index (χ0n) is 11.7. The molecule has 1 atom stereocenters. The van der Waals surface area contributed by atoms with Crippen LogP contribution in [0.15, 0.2) is 0 Å². The van der Waals surface area contributed by atoms with E-state index in [9.17, 15) is 4.79 Å². The van der Waals surface area contributed by atoms with Gasteiger partial charge in [0, 0.05) is 32.2 Å². The van der Waals surface area contributed by atoms with Crippen molar-refractivity contribution in [3.63, 3.8) is 0 Å². The van der Waals surface area contributed by atoms with Crippen LogP contribution in [0, 0.1) is 0 Å². The van der Waals surface area contributed by atoms with Crippen LogP contribution in [0.5, 0.6) is 0 Å². The number of carbonyl (C=O) groups excluding carboxylic acids is 1. The summed E-state index contributed by atoms with van der Waals surface area (Å²) in [5.74, 6) is 0.286. The fraction of sp³-hybridized carbons (Fsp3) is 0.923. The smallest absolute Gasteiger partial charge is 0.239 e. The monoisotopic (exact) mass is 241 g/mol. The molecular weight excluding hydrogens is 214 g/mol. The largest absolute Gasteiger partial charge is 0.339 e. The van der Waals surface area contributed by atoms with E-state index in [4.69, 9.17) is 0 Å². The minimum Gasteiger partial charge on any atom is -0.339 e. The van der Waals surface area contributed by atoms with Crippen molar-refractivity contribution >= 4 is 5.91 Å². The third-order valence-corrected chi connectivity index (χ3v) is 3.43. The van der Waals surface area contributed by atoms with Crippen LogP contribution in [0.1, 0.15) is 34.1 Å². The highest BCUT2D eigenvalue weighted by atomic mass is 16.2. The predicted molar refractivity (Wildman–Crippen MR) is 71.0 cm³/mol. The Labute approximate surface area is 105 Å². The molecule has 0 aliphatic carbocycles. The molecule has 0 radical (unpaired) electrons. The van der Waals surface area contributed by atoms with Gasteiger partial charge in [-0.2, -0.15) is 0 Å². The van der Waals surface area contributed by atoms with Crippen molar-refractivity contribution in [3.8, 4) is 0 Å². The first-order valence-electron chi connectivity index (χ1n) is 6.83. The number of hydrogen-bond acceptors (Lipinski definition) is 3. The maximum absolute atomic E-state index is 12.4. The molecule has 1 aliphatic heterocycles. The number of nitrogens with zero attached hydrogens (tertiary/aromatic N) is 2. The number of rotatable bonds is 5. The summed E-state index contributed by atoms with van der Waals surface area (Å²) in [6.07, 6.45) is 1.09. The molecule has 17 heavy (non-hydrogen) atoms. The van der Waals surface area contributed by atoms with Crippen LogP contribution in [-0.2, 0) is 4.79 Å². The maximum atomic E-state index is 12.4. The van der Waals surface area contributed by atoms with Crippen LogP contribution in [0.2, 0.25) is 0 Å². The Bertz CT molecular complexity index is 237. The summed E-state index contributed by atoms with van der Waals surface area (Å²) in [5.41, 5.74) is 0. The Hall–Kier alpha value is -0.610. The molecule has 1 amide bonds. The Morgan fingerprint density at radius 1 is 1.29 bits per heavy atom. The zero-order chi connectivity index (χ0) is 12.8. The molecule has 1 aliphatic rings. The second-order valence-corrected chi connectivity index (χ2v) is 5.08. The lowest BCUT2D eigenvalue weighted by Crippen LogP contribution is -2.54. The Balaban J connectivity index is 2.58. The summed E-state index contributed by atoms with van der Waals surface area (Å²) in [6, 6.07) is 0.435. The molecule has 1 N–H and O–H groups in total. The molecule has 0 spiro atoms. The summed E-state index contributed by atoms with van der Waals surface area (Å²) in [4.78, 5) is 16.7. The molecule has 4 nitrogen and oxygen atoms in total. The molecule has 1 heterocycles. The number of piperazine rings is 1. The van der Waals surface area contributed by atoms with Gasteiger partial charge in [0.2, 0.25) is 5.91 Å². The minimum atomic E-state index is 0.00745. The third kappa shape index (κ3) is 3.96. The van der Waals surface area contributed by atoms with E-state index in [1.807, 2.05) is 11.8 Å². The Kier molecular flexibility index (Phi) is 5.92. The van der Waals surface area contributed by atoms with Crippen molar-refractivity contribution in [3.05, 3.63) is 0 Å². The second kappa shape index (κ2) is 6.97. The van der Waals surface area contributed by atoms with Gasteiger partial charge in [-0.25, -0.2) is 0 Å². The molecule has 1 rings (SSSR count). The van der Waals surface area contributed by atoms with Gasteiger partial charge >= 0.3 is 0 Å². The summed E-state index contributed by atoms with van der Waals surface area (Å²) < 4.78 is 0. The third-order valence-electron chi connectivity index (χ3n) is 3.43. The molecule has 0 aromatic carbocycles. The van der Waals surface area contributed by atoms with Crippen LogP contribution in [-0.4, -0.2) is 60.5 Å². The van der Waals surface area contributed by atoms with E-state index in [0.29, 0.717) is 6.04 Å². The summed E-state index contributed by atoms with van der Waals surface area (Å²) in [7, 11) is 0. The van der Waals surface area contributed by atoms with E-state index in [-0.39, 0.29) is 11.9 Å². The van der Waals surface area contributed by atoms with E-state index < -0.39 is 0 Å². The number of hydrogen-bond donors (Lipinski definition) is 1. The molecule has 1 fully saturated rings. The van der Waals surface area contributed by atoms with Crippen molar-refractivity contribution in [1.82, 2.24) is 15.1 Å². The molecule has 0 aromatic rings. The van der Waals surface area contributed by atoms with Gasteiger partial charge in [-0.15, -0.1) is 0 Å². The quantitative estimate of drug-likeness (QED) is 0.778. The fourth-order valence-electron chi connectivity index (χ4n) is 2.45. The van der Waals surface area contributed by atoms with Gasteiger partial charge < -0.3 is 10.2 Å². The van der Waals surface area contributed by atoms with Crippen molar-refractivity contribution in [2.24, 2.45) is 0 Å². The van der Waals surface area contributed by atoms with Crippen molar-refractivity contribution in [2.75, 3.05) is 32.7 Å². The lowest BCUT2D eigenvalue weighted by molar-refractivity contribution is -0.137. The lowest BCUT2D eigenvalue weighted by atomic mass is 10.1. The normalized spacial score (nSPS) is 18.8. The van der Waals surface area contributed by atoms with E-state index in [1.165, 1.54) is 0 Å². The maximum Gasteiger partial charge on any atom is 0.239 e. The number of carbonyl (C=O) groups is 1. The molecule has 0 saturated carbocycles. The van der Waals surface area contributed by atoms with Crippen LogP contribution in [0.4, 0.5) is 0 Å². The van der Waals surface area contributed by atoms with Gasteiger partial charge in [-0.05, 0) is 33.7 Å². The van der Waals surface area contributed by atoms with Gasteiger partial charge in [0.25, 0.3) is 0 Å². The highest BCUT2D eigenvalue weighted by Crippen LogP contribution is 2.10.